The lowest BCUT2D eigenvalue weighted by molar-refractivity contribution is -0.158. The van der Waals surface area contributed by atoms with Crippen molar-refractivity contribution in [2.45, 2.75) is 96.7 Å². The Hall–Kier alpha value is -1.36. The maximum absolute atomic E-state index is 12.5. The summed E-state index contributed by atoms with van der Waals surface area (Å²) in [6.07, 6.45) is 12.0. The van der Waals surface area contributed by atoms with Crippen LogP contribution in [0.4, 0.5) is 0 Å². The minimum absolute atomic E-state index is 0.00848. The second-order valence-corrected chi connectivity index (χ2v) is 8.48. The molecule has 0 bridgehead atoms. The maximum atomic E-state index is 12.5. The van der Waals surface area contributed by atoms with Gasteiger partial charge in [0.05, 0.1) is 18.6 Å². The lowest BCUT2D eigenvalue weighted by Crippen LogP contribution is -2.32. The van der Waals surface area contributed by atoms with Crippen molar-refractivity contribution in [1.82, 2.24) is 0 Å². The molecular weight excluding hydrogens is 356 g/mol. The number of ether oxygens (including phenoxy) is 3. The molecule has 0 unspecified atom stereocenters. The molecule has 0 saturated heterocycles. The molecule has 28 heavy (non-hydrogen) atoms. The Morgan fingerprint density at radius 1 is 0.929 bits per heavy atom. The predicted molar refractivity (Wildman–Crippen MR) is 109 cm³/mol. The van der Waals surface area contributed by atoms with E-state index in [9.17, 15) is 9.59 Å². The van der Waals surface area contributed by atoms with Gasteiger partial charge in [-0.1, -0.05) is 32.8 Å². The third kappa shape index (κ3) is 7.94. The van der Waals surface area contributed by atoms with Crippen LogP contribution in [0.3, 0.4) is 0 Å². The van der Waals surface area contributed by atoms with Gasteiger partial charge in [0, 0.05) is 5.57 Å². The number of carbonyl (C=O) groups is 2. The maximum Gasteiger partial charge on any atom is 0.333 e. The fourth-order valence-corrected chi connectivity index (χ4v) is 4.23. The van der Waals surface area contributed by atoms with Gasteiger partial charge in [0.1, 0.15) is 12.7 Å². The van der Waals surface area contributed by atoms with Crippen LogP contribution in [-0.4, -0.2) is 37.4 Å². The molecule has 0 atom stereocenters. The van der Waals surface area contributed by atoms with E-state index in [2.05, 4.69) is 13.5 Å². The van der Waals surface area contributed by atoms with Crippen LogP contribution in [0.15, 0.2) is 12.2 Å². The highest BCUT2D eigenvalue weighted by molar-refractivity contribution is 5.86. The van der Waals surface area contributed by atoms with Crippen molar-refractivity contribution in [3.05, 3.63) is 12.2 Å². The van der Waals surface area contributed by atoms with E-state index in [1.165, 1.54) is 32.1 Å². The topological polar surface area (TPSA) is 61.8 Å². The summed E-state index contributed by atoms with van der Waals surface area (Å²) in [4.78, 5) is 23.8. The van der Waals surface area contributed by atoms with Crippen LogP contribution in [0.5, 0.6) is 0 Å². The van der Waals surface area contributed by atoms with Gasteiger partial charge in [0.2, 0.25) is 0 Å². The van der Waals surface area contributed by atoms with Gasteiger partial charge >= 0.3 is 11.9 Å². The average molecular weight is 395 g/mol. The van der Waals surface area contributed by atoms with Gasteiger partial charge < -0.3 is 14.2 Å². The van der Waals surface area contributed by atoms with E-state index in [1.807, 2.05) is 0 Å². The largest absolute Gasteiger partial charge is 0.462 e. The minimum atomic E-state index is -0.380. The highest BCUT2D eigenvalue weighted by Crippen LogP contribution is 2.32. The van der Waals surface area contributed by atoms with Gasteiger partial charge in [-0.3, -0.25) is 4.79 Å². The van der Waals surface area contributed by atoms with Gasteiger partial charge in [-0.15, -0.1) is 0 Å². The van der Waals surface area contributed by atoms with Crippen molar-refractivity contribution in [1.29, 1.82) is 0 Å². The average Bonchev–Trinajstić information content (AvgIpc) is 2.70. The Morgan fingerprint density at radius 2 is 1.57 bits per heavy atom. The first kappa shape index (κ1) is 22.9. The quantitative estimate of drug-likeness (QED) is 0.297. The molecule has 2 saturated carbocycles. The summed E-state index contributed by atoms with van der Waals surface area (Å²) in [6, 6.07) is 0. The van der Waals surface area contributed by atoms with Crippen LogP contribution in [0.2, 0.25) is 0 Å². The van der Waals surface area contributed by atoms with Crippen LogP contribution in [0.25, 0.3) is 0 Å². The number of hydrogen-bond acceptors (Lipinski definition) is 5. The van der Waals surface area contributed by atoms with Crippen molar-refractivity contribution in [3.8, 4) is 0 Å². The molecule has 5 nitrogen and oxygen atoms in total. The summed E-state index contributed by atoms with van der Waals surface area (Å²) in [5, 5.41) is 0. The zero-order valence-corrected chi connectivity index (χ0v) is 17.8. The van der Waals surface area contributed by atoms with Crippen LogP contribution < -0.4 is 0 Å². The molecule has 0 aromatic heterocycles. The molecule has 0 spiro atoms. The first-order valence-corrected chi connectivity index (χ1v) is 11.1. The fraction of sp³-hybridized carbons (Fsp3) is 0.826. The second-order valence-electron chi connectivity index (χ2n) is 8.48. The summed E-state index contributed by atoms with van der Waals surface area (Å²) in [5.74, 6) is 0.455. The molecule has 2 aliphatic carbocycles. The van der Waals surface area contributed by atoms with Crippen molar-refractivity contribution >= 4 is 11.9 Å². The summed E-state index contributed by atoms with van der Waals surface area (Å²) in [6.45, 7) is 8.05. The van der Waals surface area contributed by atoms with Crippen molar-refractivity contribution in [2.75, 3.05) is 13.2 Å². The Labute approximate surface area is 170 Å². The van der Waals surface area contributed by atoms with Gasteiger partial charge in [0.25, 0.3) is 0 Å². The van der Waals surface area contributed by atoms with Gasteiger partial charge in [-0.25, -0.2) is 4.79 Å². The zero-order valence-electron chi connectivity index (χ0n) is 17.8. The molecule has 160 valence electrons. The molecule has 0 amide bonds. The third-order valence-electron chi connectivity index (χ3n) is 6.07. The minimum Gasteiger partial charge on any atom is -0.462 e. The van der Waals surface area contributed by atoms with Gasteiger partial charge in [0.15, 0.2) is 0 Å². The van der Waals surface area contributed by atoms with Crippen molar-refractivity contribution in [3.63, 3.8) is 0 Å². The Balaban J connectivity index is 1.57. The molecule has 0 heterocycles. The van der Waals surface area contributed by atoms with Crippen LogP contribution in [0.1, 0.15) is 84.5 Å². The van der Waals surface area contributed by atoms with E-state index in [0.29, 0.717) is 12.2 Å². The SMILES string of the molecule is C=C(C)C(=O)OCCO[C@H]1CC[C@H](C(=O)O[C@H]2CC[C@H](CCCC)CC2)CC1. The predicted octanol–water partition coefficient (Wildman–Crippen LogP) is 4.97. The van der Waals surface area contributed by atoms with E-state index in [1.54, 1.807) is 6.92 Å². The molecule has 2 rings (SSSR count). The fourth-order valence-electron chi connectivity index (χ4n) is 4.23. The smallest absolute Gasteiger partial charge is 0.333 e. The van der Waals surface area contributed by atoms with E-state index in [-0.39, 0.29) is 36.7 Å². The molecular formula is C23H38O5. The monoisotopic (exact) mass is 394 g/mol. The lowest BCUT2D eigenvalue weighted by atomic mass is 9.84. The number of unbranched alkanes of at least 4 members (excludes halogenated alkanes) is 1. The molecule has 2 aliphatic rings. The molecule has 0 N–H and O–H groups in total. The highest BCUT2D eigenvalue weighted by atomic mass is 16.6. The summed E-state index contributed by atoms with van der Waals surface area (Å²) in [7, 11) is 0. The number of carbonyl (C=O) groups excluding carboxylic acids is 2. The van der Waals surface area contributed by atoms with Crippen molar-refractivity contribution < 1.29 is 23.8 Å². The second kappa shape index (κ2) is 12.3. The number of hydrogen-bond donors (Lipinski definition) is 0. The Bertz CT molecular complexity index is 499. The zero-order chi connectivity index (χ0) is 20.4. The van der Waals surface area contributed by atoms with Crippen LogP contribution in [-0.2, 0) is 23.8 Å². The van der Waals surface area contributed by atoms with E-state index >= 15 is 0 Å². The van der Waals surface area contributed by atoms with Gasteiger partial charge in [-0.05, 0) is 64.2 Å². The number of rotatable bonds is 10. The standard InChI is InChI=1S/C23H38O5/c1-4-5-6-18-7-11-21(12-8-18)28-23(25)19-9-13-20(14-10-19)26-15-16-27-22(24)17(2)3/h18-21H,2,4-16H2,1,3H3/t18-,19-,20-,21-. The molecule has 0 aromatic carbocycles. The van der Waals surface area contributed by atoms with Gasteiger partial charge in [-0.2, -0.15) is 0 Å². The normalized spacial score (nSPS) is 27.8. The van der Waals surface area contributed by atoms with E-state index in [4.69, 9.17) is 14.2 Å². The number of esters is 2. The van der Waals surface area contributed by atoms with E-state index in [0.717, 1.165) is 44.4 Å². The van der Waals surface area contributed by atoms with E-state index < -0.39 is 0 Å². The summed E-state index contributed by atoms with van der Waals surface area (Å²) in [5.41, 5.74) is 0.397. The Kier molecular flexibility index (Phi) is 10.0. The molecule has 0 radical (unpaired) electrons. The van der Waals surface area contributed by atoms with Crippen molar-refractivity contribution in [2.24, 2.45) is 11.8 Å². The molecule has 2 fully saturated rings. The first-order chi connectivity index (χ1) is 13.5. The molecule has 0 aromatic rings. The van der Waals surface area contributed by atoms with Crippen LogP contribution >= 0.6 is 0 Å². The van der Waals surface area contributed by atoms with Crippen LogP contribution in [0, 0.1) is 11.8 Å². The molecule has 0 aliphatic heterocycles. The summed E-state index contributed by atoms with van der Waals surface area (Å²) < 4.78 is 16.6. The first-order valence-electron chi connectivity index (χ1n) is 11.1. The Morgan fingerprint density at radius 3 is 2.18 bits per heavy atom. The third-order valence-corrected chi connectivity index (χ3v) is 6.07. The lowest BCUT2D eigenvalue weighted by Gasteiger charge is -2.31. The summed E-state index contributed by atoms with van der Waals surface area (Å²) >= 11 is 0. The molecule has 5 heteroatoms. The highest BCUT2D eigenvalue weighted by Gasteiger charge is 2.30.